The third kappa shape index (κ3) is 2.26. The summed E-state index contributed by atoms with van der Waals surface area (Å²) in [5, 5.41) is 0. The fourth-order valence-corrected chi connectivity index (χ4v) is 5.26. The molecule has 1 saturated heterocycles. The summed E-state index contributed by atoms with van der Waals surface area (Å²) in [6, 6.07) is 18.0. The van der Waals surface area contributed by atoms with Crippen LogP contribution in [0.2, 0.25) is 0 Å². The summed E-state index contributed by atoms with van der Waals surface area (Å²) in [4.78, 5) is 2.56. The van der Waals surface area contributed by atoms with Gasteiger partial charge in [0, 0.05) is 29.3 Å². The Labute approximate surface area is 131 Å². The zero-order valence-corrected chi connectivity index (χ0v) is 13.3. The molecule has 0 bridgehead atoms. The molecule has 1 fully saturated rings. The summed E-state index contributed by atoms with van der Waals surface area (Å²) in [7, 11) is 0. The summed E-state index contributed by atoms with van der Waals surface area (Å²) in [6.07, 6.45) is 2.53. The zero-order valence-electron chi connectivity index (χ0n) is 12.5. The van der Waals surface area contributed by atoms with Crippen molar-refractivity contribution in [1.82, 2.24) is 0 Å². The molecule has 4 rings (SSSR count). The lowest BCUT2D eigenvalue weighted by molar-refractivity contribution is 0.467. The number of fused-ring (bicyclic) bond motifs is 2. The zero-order chi connectivity index (χ0) is 14.3. The Morgan fingerprint density at radius 1 is 1.00 bits per heavy atom. The minimum absolute atomic E-state index is 0.386. The van der Waals surface area contributed by atoms with E-state index >= 15 is 0 Å². The molecule has 2 aromatic carbocycles. The van der Waals surface area contributed by atoms with Crippen molar-refractivity contribution >= 4 is 17.4 Å². The summed E-state index contributed by atoms with van der Waals surface area (Å²) in [6.45, 7) is 4.52. The van der Waals surface area contributed by atoms with Crippen molar-refractivity contribution in [1.29, 1.82) is 0 Å². The van der Waals surface area contributed by atoms with Gasteiger partial charge in [-0.3, -0.25) is 0 Å². The summed E-state index contributed by atoms with van der Waals surface area (Å²) in [5.41, 5.74) is 5.92. The van der Waals surface area contributed by atoms with E-state index in [9.17, 15) is 0 Å². The highest BCUT2D eigenvalue weighted by Gasteiger charge is 2.41. The number of nitrogens with zero attached hydrogens (tertiary/aromatic N) is 1. The highest BCUT2D eigenvalue weighted by atomic mass is 32.2. The SMILES string of the molecule is Cc1cccc(N2CCC3(CC2)SCc2ccccc23)c1. The minimum Gasteiger partial charge on any atom is -0.371 e. The Bertz CT molecular complexity index is 656. The largest absolute Gasteiger partial charge is 0.371 e. The lowest BCUT2D eigenvalue weighted by Gasteiger charge is -2.40. The van der Waals surface area contributed by atoms with Crippen molar-refractivity contribution in [2.75, 3.05) is 18.0 Å². The van der Waals surface area contributed by atoms with E-state index in [1.54, 1.807) is 11.1 Å². The smallest absolute Gasteiger partial charge is 0.0448 e. The second-order valence-corrected chi connectivity index (χ2v) is 7.62. The van der Waals surface area contributed by atoms with Crippen molar-refractivity contribution in [2.24, 2.45) is 0 Å². The molecular weight excluding hydrogens is 274 g/mol. The lowest BCUT2D eigenvalue weighted by Crippen LogP contribution is -2.40. The van der Waals surface area contributed by atoms with E-state index < -0.39 is 0 Å². The average Bonchev–Trinajstić information content (AvgIpc) is 2.87. The van der Waals surface area contributed by atoms with Gasteiger partial charge >= 0.3 is 0 Å². The van der Waals surface area contributed by atoms with Gasteiger partial charge < -0.3 is 4.90 Å². The molecule has 2 aliphatic rings. The number of benzene rings is 2. The minimum atomic E-state index is 0.386. The van der Waals surface area contributed by atoms with Gasteiger partial charge in [-0.25, -0.2) is 0 Å². The maximum absolute atomic E-state index is 2.56. The van der Waals surface area contributed by atoms with Gasteiger partial charge in [-0.2, -0.15) is 0 Å². The molecule has 1 nitrogen and oxygen atoms in total. The van der Waals surface area contributed by atoms with Gasteiger partial charge in [-0.1, -0.05) is 36.4 Å². The maximum Gasteiger partial charge on any atom is 0.0448 e. The molecule has 1 spiro atoms. The highest BCUT2D eigenvalue weighted by Crippen LogP contribution is 2.53. The molecule has 0 amide bonds. The predicted molar refractivity (Wildman–Crippen MR) is 92.0 cm³/mol. The van der Waals surface area contributed by atoms with Crippen molar-refractivity contribution in [2.45, 2.75) is 30.3 Å². The van der Waals surface area contributed by atoms with Gasteiger partial charge in [0.05, 0.1) is 0 Å². The quantitative estimate of drug-likeness (QED) is 0.747. The van der Waals surface area contributed by atoms with Crippen molar-refractivity contribution < 1.29 is 0 Å². The van der Waals surface area contributed by atoms with Gasteiger partial charge in [-0.15, -0.1) is 11.8 Å². The Morgan fingerprint density at radius 2 is 1.81 bits per heavy atom. The normalized spacial score (nSPS) is 19.8. The number of hydrogen-bond acceptors (Lipinski definition) is 2. The van der Waals surface area contributed by atoms with E-state index in [1.807, 2.05) is 0 Å². The molecule has 2 aliphatic heterocycles. The van der Waals surface area contributed by atoms with Crippen LogP contribution in [0, 0.1) is 6.92 Å². The molecular formula is C19H21NS. The van der Waals surface area contributed by atoms with Crippen LogP contribution in [0.4, 0.5) is 5.69 Å². The van der Waals surface area contributed by atoms with Gasteiger partial charge in [0.15, 0.2) is 0 Å². The number of hydrogen-bond donors (Lipinski definition) is 0. The third-order valence-corrected chi connectivity index (χ3v) is 6.59. The Balaban J connectivity index is 1.55. The number of piperidine rings is 1. The Hall–Kier alpha value is -1.41. The van der Waals surface area contributed by atoms with E-state index in [0.717, 1.165) is 0 Å². The summed E-state index contributed by atoms with van der Waals surface area (Å²) in [5.74, 6) is 1.20. The second kappa shape index (κ2) is 5.10. The van der Waals surface area contributed by atoms with E-state index in [0.29, 0.717) is 4.75 Å². The summed E-state index contributed by atoms with van der Waals surface area (Å²) < 4.78 is 0.386. The van der Waals surface area contributed by atoms with Gasteiger partial charge in [0.25, 0.3) is 0 Å². The molecule has 0 aromatic heterocycles. The molecule has 0 aliphatic carbocycles. The van der Waals surface area contributed by atoms with Crippen molar-refractivity contribution in [3.8, 4) is 0 Å². The first-order valence-corrected chi connectivity index (χ1v) is 8.79. The first kappa shape index (κ1) is 13.3. The first-order chi connectivity index (χ1) is 10.3. The van der Waals surface area contributed by atoms with Crippen LogP contribution in [-0.2, 0) is 10.5 Å². The highest BCUT2D eigenvalue weighted by molar-refractivity contribution is 7.99. The first-order valence-electron chi connectivity index (χ1n) is 7.81. The van der Waals surface area contributed by atoms with Crippen LogP contribution in [0.25, 0.3) is 0 Å². The Morgan fingerprint density at radius 3 is 2.62 bits per heavy atom. The van der Waals surface area contributed by atoms with Gasteiger partial charge in [-0.05, 0) is 48.6 Å². The summed E-state index contributed by atoms with van der Waals surface area (Å²) >= 11 is 2.17. The van der Waals surface area contributed by atoms with E-state index in [2.05, 4.69) is 72.1 Å². The number of aryl methyl sites for hydroxylation is 1. The van der Waals surface area contributed by atoms with Crippen LogP contribution in [0.15, 0.2) is 48.5 Å². The molecule has 0 unspecified atom stereocenters. The second-order valence-electron chi connectivity index (χ2n) is 6.27. The molecule has 2 heterocycles. The Kier molecular flexibility index (Phi) is 3.22. The number of thioether (sulfide) groups is 1. The average molecular weight is 295 g/mol. The van der Waals surface area contributed by atoms with Crippen LogP contribution in [0.3, 0.4) is 0 Å². The fraction of sp³-hybridized carbons (Fsp3) is 0.368. The maximum atomic E-state index is 2.56. The van der Waals surface area contributed by atoms with Crippen LogP contribution >= 0.6 is 11.8 Å². The lowest BCUT2D eigenvalue weighted by atomic mass is 9.86. The van der Waals surface area contributed by atoms with Crippen LogP contribution < -0.4 is 4.90 Å². The molecule has 0 saturated carbocycles. The van der Waals surface area contributed by atoms with Crippen LogP contribution in [0.5, 0.6) is 0 Å². The predicted octanol–water partition coefficient (Wildman–Crippen LogP) is 4.74. The molecule has 21 heavy (non-hydrogen) atoms. The number of rotatable bonds is 1. The third-order valence-electron chi connectivity index (χ3n) is 4.95. The molecule has 0 N–H and O–H groups in total. The van der Waals surface area contributed by atoms with Gasteiger partial charge in [0.1, 0.15) is 0 Å². The molecule has 2 aromatic rings. The molecule has 0 atom stereocenters. The topological polar surface area (TPSA) is 3.24 Å². The monoisotopic (exact) mass is 295 g/mol. The van der Waals surface area contributed by atoms with E-state index in [4.69, 9.17) is 0 Å². The van der Waals surface area contributed by atoms with Crippen molar-refractivity contribution in [3.05, 3.63) is 65.2 Å². The molecule has 2 heteroatoms. The fourth-order valence-electron chi connectivity index (χ4n) is 3.75. The van der Waals surface area contributed by atoms with Gasteiger partial charge in [0.2, 0.25) is 0 Å². The molecule has 0 radical (unpaired) electrons. The standard InChI is InChI=1S/C19H21NS/c1-15-5-4-7-17(13-15)20-11-9-19(10-12-20)18-8-3-2-6-16(18)14-21-19/h2-8,13H,9-12,14H2,1H3. The van der Waals surface area contributed by atoms with Crippen LogP contribution in [-0.4, -0.2) is 13.1 Å². The van der Waals surface area contributed by atoms with Crippen molar-refractivity contribution in [3.63, 3.8) is 0 Å². The number of anilines is 1. The van der Waals surface area contributed by atoms with E-state index in [-0.39, 0.29) is 0 Å². The van der Waals surface area contributed by atoms with E-state index in [1.165, 1.54) is 42.9 Å². The van der Waals surface area contributed by atoms with Crippen LogP contribution in [0.1, 0.15) is 29.5 Å². The molecule has 108 valence electrons.